The van der Waals surface area contributed by atoms with Crippen LogP contribution >= 0.6 is 11.6 Å². The van der Waals surface area contributed by atoms with Crippen LogP contribution in [0, 0.1) is 13.8 Å². The Morgan fingerprint density at radius 1 is 1.19 bits per heavy atom. The molecule has 4 rings (SSSR count). The highest BCUT2D eigenvalue weighted by atomic mass is 35.5. The number of aryl methyl sites for hydroxylation is 1. The molecule has 0 aliphatic carbocycles. The van der Waals surface area contributed by atoms with E-state index < -0.39 is 9.84 Å². The third kappa shape index (κ3) is 5.08. The molecule has 0 N–H and O–H groups in total. The average Bonchev–Trinajstić information content (AvgIpc) is 3.26. The van der Waals surface area contributed by atoms with Crippen LogP contribution in [0.5, 0.6) is 0 Å². The Kier molecular flexibility index (Phi) is 6.74. The fraction of sp³-hybridized carbons (Fsp3) is 0.478. The van der Waals surface area contributed by atoms with Gasteiger partial charge in [-0.25, -0.2) is 8.42 Å². The molecule has 1 aromatic heterocycles. The maximum atomic E-state index is 12.7. The Bertz CT molecular complexity index is 1130. The molecule has 1 unspecified atom stereocenters. The van der Waals surface area contributed by atoms with E-state index in [1.165, 1.54) is 0 Å². The summed E-state index contributed by atoms with van der Waals surface area (Å²) in [6.07, 6.45) is 4.17. The number of piperazine rings is 1. The lowest BCUT2D eigenvalue weighted by Gasteiger charge is -2.37. The van der Waals surface area contributed by atoms with Crippen molar-refractivity contribution in [2.24, 2.45) is 0 Å². The van der Waals surface area contributed by atoms with Crippen LogP contribution in [0.25, 0.3) is 6.08 Å². The second kappa shape index (κ2) is 9.37. The lowest BCUT2D eigenvalue weighted by atomic mass is 10.1. The summed E-state index contributed by atoms with van der Waals surface area (Å²) in [6, 6.07) is 7.81. The molecule has 1 aromatic carbocycles. The molecular formula is C23H29ClN4O3S. The summed E-state index contributed by atoms with van der Waals surface area (Å²) in [7, 11) is -2.89. The number of nitrogens with zero attached hydrogens (tertiary/aromatic N) is 4. The van der Waals surface area contributed by atoms with Crippen molar-refractivity contribution in [2.45, 2.75) is 32.9 Å². The van der Waals surface area contributed by atoms with Crippen molar-refractivity contribution in [2.75, 3.05) is 37.7 Å². The molecule has 0 saturated carbocycles. The molecule has 2 aliphatic rings. The third-order valence-corrected chi connectivity index (χ3v) is 8.58. The number of aromatic nitrogens is 2. The second-order valence-electron chi connectivity index (χ2n) is 8.59. The zero-order chi connectivity index (χ0) is 22.9. The molecule has 9 heteroatoms. The van der Waals surface area contributed by atoms with Gasteiger partial charge in [0.25, 0.3) is 0 Å². The summed E-state index contributed by atoms with van der Waals surface area (Å²) >= 11 is 6.29. The second-order valence-corrected chi connectivity index (χ2v) is 11.2. The lowest BCUT2D eigenvalue weighted by Crippen LogP contribution is -2.52. The van der Waals surface area contributed by atoms with E-state index in [2.05, 4.69) is 10.00 Å². The van der Waals surface area contributed by atoms with Crippen molar-refractivity contribution in [1.82, 2.24) is 19.6 Å². The average molecular weight is 477 g/mol. The predicted octanol–water partition coefficient (Wildman–Crippen LogP) is 2.55. The van der Waals surface area contributed by atoms with Gasteiger partial charge in [0, 0.05) is 54.6 Å². The van der Waals surface area contributed by atoms with E-state index in [0.717, 1.165) is 22.5 Å². The number of halogens is 1. The summed E-state index contributed by atoms with van der Waals surface area (Å²) < 4.78 is 25.4. The minimum Gasteiger partial charge on any atom is -0.337 e. The van der Waals surface area contributed by atoms with Crippen LogP contribution in [0.15, 0.2) is 30.3 Å². The largest absolute Gasteiger partial charge is 0.337 e. The van der Waals surface area contributed by atoms with Crippen LogP contribution in [-0.4, -0.2) is 77.6 Å². The zero-order valence-corrected chi connectivity index (χ0v) is 20.1. The fourth-order valence-electron chi connectivity index (χ4n) is 4.52. The van der Waals surface area contributed by atoms with Gasteiger partial charge in [0.15, 0.2) is 9.84 Å². The van der Waals surface area contributed by atoms with Gasteiger partial charge in [-0.2, -0.15) is 5.10 Å². The van der Waals surface area contributed by atoms with E-state index >= 15 is 0 Å². The predicted molar refractivity (Wildman–Crippen MR) is 127 cm³/mol. The van der Waals surface area contributed by atoms with Gasteiger partial charge < -0.3 is 4.90 Å². The number of hydrogen-bond donors (Lipinski definition) is 0. The molecule has 0 spiro atoms. The topological polar surface area (TPSA) is 75.5 Å². The number of carbonyl (C=O) groups is 1. The summed E-state index contributed by atoms with van der Waals surface area (Å²) in [4.78, 5) is 16.8. The summed E-state index contributed by atoms with van der Waals surface area (Å²) in [6.45, 7) is 7.17. The van der Waals surface area contributed by atoms with Gasteiger partial charge >= 0.3 is 0 Å². The molecule has 1 atom stereocenters. The van der Waals surface area contributed by atoms with Crippen LogP contribution < -0.4 is 0 Å². The van der Waals surface area contributed by atoms with E-state index in [4.69, 9.17) is 11.6 Å². The van der Waals surface area contributed by atoms with Gasteiger partial charge in [-0.15, -0.1) is 0 Å². The van der Waals surface area contributed by atoms with Crippen LogP contribution in [0.1, 0.15) is 28.9 Å². The number of benzene rings is 1. The maximum Gasteiger partial charge on any atom is 0.246 e. The molecule has 2 saturated heterocycles. The van der Waals surface area contributed by atoms with Crippen molar-refractivity contribution in [3.8, 4) is 0 Å². The lowest BCUT2D eigenvalue weighted by molar-refractivity contribution is -0.127. The number of amides is 1. The van der Waals surface area contributed by atoms with Crippen LogP contribution in [0.2, 0.25) is 5.02 Å². The number of sulfone groups is 1. The van der Waals surface area contributed by atoms with Crippen LogP contribution in [0.3, 0.4) is 0 Å². The Morgan fingerprint density at radius 3 is 2.56 bits per heavy atom. The Morgan fingerprint density at radius 2 is 1.91 bits per heavy atom. The van der Waals surface area contributed by atoms with Gasteiger partial charge in [-0.3, -0.25) is 14.4 Å². The smallest absolute Gasteiger partial charge is 0.246 e. The van der Waals surface area contributed by atoms with Crippen molar-refractivity contribution in [1.29, 1.82) is 0 Å². The van der Waals surface area contributed by atoms with Gasteiger partial charge in [-0.1, -0.05) is 29.8 Å². The van der Waals surface area contributed by atoms with Crippen molar-refractivity contribution >= 4 is 33.4 Å². The first kappa shape index (κ1) is 23.0. The van der Waals surface area contributed by atoms with E-state index in [9.17, 15) is 13.2 Å². The van der Waals surface area contributed by atoms with Gasteiger partial charge in [0.2, 0.25) is 5.91 Å². The Hall–Kier alpha value is -2.16. The quantitative estimate of drug-likeness (QED) is 0.620. The highest BCUT2D eigenvalue weighted by Crippen LogP contribution is 2.21. The molecule has 0 bridgehead atoms. The molecule has 1 amide bonds. The minimum absolute atomic E-state index is 0.0265. The van der Waals surface area contributed by atoms with Crippen molar-refractivity contribution in [3.05, 3.63) is 57.9 Å². The molecule has 7 nitrogen and oxygen atoms in total. The zero-order valence-electron chi connectivity index (χ0n) is 18.5. The molecule has 3 heterocycles. The normalized spacial score (nSPS) is 21.5. The van der Waals surface area contributed by atoms with Crippen molar-refractivity contribution < 1.29 is 13.2 Å². The molecule has 0 radical (unpaired) electrons. The summed E-state index contributed by atoms with van der Waals surface area (Å²) in [5.41, 5.74) is 3.80. The molecule has 2 aromatic rings. The fourth-order valence-corrected chi connectivity index (χ4v) is 6.48. The SMILES string of the molecule is Cc1nn(Cc2ccccc2Cl)c(C)c1C=CC(=O)N1CCN(C2CCS(=O)(=O)C2)CC1. The van der Waals surface area contributed by atoms with Crippen molar-refractivity contribution in [3.63, 3.8) is 0 Å². The standard InChI is InChI=1S/C23H29ClN4O3S/c1-17-21(18(2)28(25-17)15-19-5-3-4-6-22(19)24)7-8-23(29)27-12-10-26(11-13-27)20-9-14-32(30,31)16-20/h3-8,20H,9-16H2,1-2H3. The highest BCUT2D eigenvalue weighted by molar-refractivity contribution is 7.91. The van der Waals surface area contributed by atoms with Gasteiger partial charge in [0.05, 0.1) is 23.7 Å². The minimum atomic E-state index is -2.89. The van der Waals surface area contributed by atoms with Crippen LogP contribution in [-0.2, 0) is 21.2 Å². The third-order valence-electron chi connectivity index (χ3n) is 6.46. The van der Waals surface area contributed by atoms with Gasteiger partial charge in [-0.05, 0) is 38.0 Å². The Balaban J connectivity index is 1.37. The molecule has 172 valence electrons. The van der Waals surface area contributed by atoms with E-state index in [-0.39, 0.29) is 23.5 Å². The number of rotatable bonds is 5. The van der Waals surface area contributed by atoms with E-state index in [1.807, 2.05) is 53.8 Å². The monoisotopic (exact) mass is 476 g/mol. The van der Waals surface area contributed by atoms with E-state index in [0.29, 0.717) is 44.2 Å². The molecule has 32 heavy (non-hydrogen) atoms. The molecular weight excluding hydrogens is 448 g/mol. The first-order chi connectivity index (χ1) is 15.2. The summed E-state index contributed by atoms with van der Waals surface area (Å²) in [5, 5.41) is 5.34. The first-order valence-electron chi connectivity index (χ1n) is 10.9. The summed E-state index contributed by atoms with van der Waals surface area (Å²) in [5.74, 6) is 0.501. The van der Waals surface area contributed by atoms with Gasteiger partial charge in [0.1, 0.15) is 0 Å². The van der Waals surface area contributed by atoms with E-state index in [1.54, 1.807) is 6.08 Å². The maximum absolute atomic E-state index is 12.7. The number of carbonyl (C=O) groups excluding carboxylic acids is 1. The highest BCUT2D eigenvalue weighted by Gasteiger charge is 2.34. The van der Waals surface area contributed by atoms with Crippen LogP contribution in [0.4, 0.5) is 0 Å². The molecule has 2 fully saturated rings. The molecule has 2 aliphatic heterocycles. The first-order valence-corrected chi connectivity index (χ1v) is 13.1. The Labute approximate surface area is 194 Å². The number of hydrogen-bond acceptors (Lipinski definition) is 5.